The molecule has 2 aromatic rings. The van der Waals surface area contributed by atoms with E-state index in [1.165, 1.54) is 5.56 Å². The summed E-state index contributed by atoms with van der Waals surface area (Å²) < 4.78 is 5.76. The minimum absolute atomic E-state index is 0.00931. The Kier molecular flexibility index (Phi) is 7.82. The van der Waals surface area contributed by atoms with Crippen LogP contribution in [0.15, 0.2) is 48.5 Å². The smallest absolute Gasteiger partial charge is 0.261 e. The van der Waals surface area contributed by atoms with E-state index in [4.69, 9.17) is 4.74 Å². The van der Waals surface area contributed by atoms with Crippen molar-refractivity contribution in [3.8, 4) is 5.75 Å². The molecule has 0 radical (unpaired) electrons. The average molecular weight is 397 g/mol. The molecule has 0 fully saturated rings. The Hall–Kier alpha value is -2.82. The maximum atomic E-state index is 12.3. The molecule has 0 aliphatic carbocycles. The fraction of sp³-hybridized carbons (Fsp3) is 0.417. The Morgan fingerprint density at radius 3 is 2.17 bits per heavy atom. The van der Waals surface area contributed by atoms with Crippen LogP contribution < -0.4 is 15.4 Å². The first-order valence-corrected chi connectivity index (χ1v) is 10.1. The molecule has 5 heteroatoms. The number of benzene rings is 2. The summed E-state index contributed by atoms with van der Waals surface area (Å²) in [6.45, 7) is 10.6. The van der Waals surface area contributed by atoms with Gasteiger partial charge in [0.15, 0.2) is 6.10 Å². The van der Waals surface area contributed by atoms with E-state index in [9.17, 15) is 9.59 Å². The minimum atomic E-state index is -0.594. The van der Waals surface area contributed by atoms with E-state index in [-0.39, 0.29) is 17.2 Å². The molecule has 1 atom stereocenters. The van der Waals surface area contributed by atoms with Crippen molar-refractivity contribution >= 4 is 17.5 Å². The number of hydrogen-bond acceptors (Lipinski definition) is 3. The summed E-state index contributed by atoms with van der Waals surface area (Å²) in [5, 5.41) is 5.73. The van der Waals surface area contributed by atoms with E-state index >= 15 is 0 Å². The van der Waals surface area contributed by atoms with Gasteiger partial charge in [0.05, 0.1) is 0 Å². The van der Waals surface area contributed by atoms with Gasteiger partial charge in [-0.3, -0.25) is 9.59 Å². The molecule has 0 aliphatic heterocycles. The number of carbonyl (C=O) groups excluding carboxylic acids is 2. The maximum Gasteiger partial charge on any atom is 0.261 e. The number of rotatable bonds is 8. The first-order chi connectivity index (χ1) is 13.7. The first-order valence-electron chi connectivity index (χ1n) is 10.1. The van der Waals surface area contributed by atoms with E-state index in [0.29, 0.717) is 18.7 Å². The highest BCUT2D eigenvalue weighted by molar-refractivity contribution is 5.90. The molecular weight excluding hydrogens is 364 g/mol. The quantitative estimate of drug-likeness (QED) is 0.673. The molecule has 0 aliphatic rings. The van der Waals surface area contributed by atoms with E-state index < -0.39 is 6.10 Å². The van der Waals surface area contributed by atoms with Crippen LogP contribution in [-0.2, 0) is 21.5 Å². The zero-order chi connectivity index (χ0) is 21.4. The normalized spacial score (nSPS) is 12.2. The summed E-state index contributed by atoms with van der Waals surface area (Å²) in [4.78, 5) is 24.0. The van der Waals surface area contributed by atoms with Crippen LogP contribution in [0, 0.1) is 0 Å². The molecule has 0 aromatic heterocycles. The van der Waals surface area contributed by atoms with Gasteiger partial charge < -0.3 is 15.4 Å². The van der Waals surface area contributed by atoms with Crippen molar-refractivity contribution in [3.63, 3.8) is 0 Å². The van der Waals surface area contributed by atoms with Gasteiger partial charge in [-0.15, -0.1) is 0 Å². The molecule has 2 rings (SSSR count). The second-order valence-electron chi connectivity index (χ2n) is 8.25. The van der Waals surface area contributed by atoms with Gasteiger partial charge in [-0.05, 0) is 54.2 Å². The number of carbonyl (C=O) groups is 2. The van der Waals surface area contributed by atoms with Gasteiger partial charge in [-0.25, -0.2) is 0 Å². The van der Waals surface area contributed by atoms with Crippen molar-refractivity contribution in [2.45, 2.75) is 65.5 Å². The summed E-state index contributed by atoms with van der Waals surface area (Å²) >= 11 is 0. The molecule has 1 unspecified atom stereocenters. The summed E-state index contributed by atoms with van der Waals surface area (Å²) in [7, 11) is 0. The Morgan fingerprint density at radius 1 is 1.00 bits per heavy atom. The summed E-state index contributed by atoms with van der Waals surface area (Å²) in [5.41, 5.74) is 3.01. The lowest BCUT2D eigenvalue weighted by Crippen LogP contribution is -2.35. The maximum absolute atomic E-state index is 12.3. The number of ether oxygens (including phenoxy) is 1. The van der Waals surface area contributed by atoms with E-state index in [0.717, 1.165) is 17.7 Å². The third-order valence-corrected chi connectivity index (χ3v) is 4.58. The summed E-state index contributed by atoms with van der Waals surface area (Å²) in [5.74, 6) is 0.508. The van der Waals surface area contributed by atoms with Crippen molar-refractivity contribution in [2.75, 3.05) is 5.32 Å². The van der Waals surface area contributed by atoms with E-state index in [1.54, 1.807) is 6.92 Å². The first kappa shape index (κ1) is 22.5. The lowest BCUT2D eigenvalue weighted by molar-refractivity contribution is -0.127. The van der Waals surface area contributed by atoms with Crippen LogP contribution in [0.2, 0.25) is 0 Å². The molecule has 0 saturated carbocycles. The van der Waals surface area contributed by atoms with Gasteiger partial charge in [0.1, 0.15) is 5.75 Å². The zero-order valence-corrected chi connectivity index (χ0v) is 18.0. The van der Waals surface area contributed by atoms with Gasteiger partial charge in [-0.2, -0.15) is 0 Å². The lowest BCUT2D eigenvalue weighted by atomic mass is 9.87. The second-order valence-corrected chi connectivity index (χ2v) is 8.25. The monoisotopic (exact) mass is 396 g/mol. The molecule has 0 saturated heterocycles. The number of hydrogen-bond donors (Lipinski definition) is 2. The molecule has 2 aromatic carbocycles. The molecule has 2 N–H and O–H groups in total. The molecule has 156 valence electrons. The van der Waals surface area contributed by atoms with Gasteiger partial charge in [0.2, 0.25) is 5.91 Å². The molecule has 0 heterocycles. The molecule has 0 bridgehead atoms. The molecular formula is C24H32N2O3. The molecule has 2 amide bonds. The SMILES string of the molecule is CCCC(=O)Nc1ccc(CNC(=O)C(C)Oc2ccc(C(C)(C)C)cc2)cc1. The van der Waals surface area contributed by atoms with Crippen LogP contribution in [0.25, 0.3) is 0 Å². The van der Waals surface area contributed by atoms with Gasteiger partial charge >= 0.3 is 0 Å². The van der Waals surface area contributed by atoms with Crippen molar-refractivity contribution < 1.29 is 14.3 Å². The average Bonchev–Trinajstić information content (AvgIpc) is 2.67. The van der Waals surface area contributed by atoms with Crippen LogP contribution in [0.3, 0.4) is 0 Å². The molecule has 5 nitrogen and oxygen atoms in total. The van der Waals surface area contributed by atoms with Crippen LogP contribution in [-0.4, -0.2) is 17.9 Å². The Bertz CT molecular complexity index is 806. The third-order valence-electron chi connectivity index (χ3n) is 4.58. The molecule has 0 spiro atoms. The van der Waals surface area contributed by atoms with E-state index in [2.05, 4.69) is 31.4 Å². The third kappa shape index (κ3) is 7.26. The number of amides is 2. The topological polar surface area (TPSA) is 67.4 Å². The van der Waals surface area contributed by atoms with Crippen LogP contribution in [0.5, 0.6) is 5.75 Å². The highest BCUT2D eigenvalue weighted by atomic mass is 16.5. The van der Waals surface area contributed by atoms with Crippen LogP contribution >= 0.6 is 0 Å². The number of nitrogens with one attached hydrogen (secondary N) is 2. The minimum Gasteiger partial charge on any atom is -0.481 e. The zero-order valence-electron chi connectivity index (χ0n) is 18.0. The Morgan fingerprint density at radius 2 is 1.62 bits per heavy atom. The van der Waals surface area contributed by atoms with Gasteiger partial charge in [-0.1, -0.05) is 52.0 Å². The lowest BCUT2D eigenvalue weighted by Gasteiger charge is -2.20. The summed E-state index contributed by atoms with van der Waals surface area (Å²) in [6, 6.07) is 15.3. The van der Waals surface area contributed by atoms with Crippen molar-refractivity contribution in [2.24, 2.45) is 0 Å². The Balaban J connectivity index is 1.83. The van der Waals surface area contributed by atoms with Crippen molar-refractivity contribution in [1.29, 1.82) is 0 Å². The van der Waals surface area contributed by atoms with E-state index in [1.807, 2.05) is 55.5 Å². The Labute approximate surface area is 173 Å². The fourth-order valence-electron chi connectivity index (χ4n) is 2.78. The van der Waals surface area contributed by atoms with Crippen LogP contribution in [0.1, 0.15) is 58.6 Å². The largest absolute Gasteiger partial charge is 0.481 e. The summed E-state index contributed by atoms with van der Waals surface area (Å²) in [6.07, 6.45) is 0.731. The number of anilines is 1. The van der Waals surface area contributed by atoms with Gasteiger partial charge in [0, 0.05) is 18.7 Å². The van der Waals surface area contributed by atoms with Crippen molar-refractivity contribution in [3.05, 3.63) is 59.7 Å². The van der Waals surface area contributed by atoms with Crippen molar-refractivity contribution in [1.82, 2.24) is 5.32 Å². The highest BCUT2D eigenvalue weighted by Crippen LogP contribution is 2.24. The standard InChI is InChI=1S/C24H32N2O3/c1-6-7-22(27)26-20-12-8-18(9-13-20)16-25-23(28)17(2)29-21-14-10-19(11-15-21)24(3,4)5/h8-15,17H,6-7,16H2,1-5H3,(H,25,28)(H,26,27). The van der Waals surface area contributed by atoms with Gasteiger partial charge in [0.25, 0.3) is 5.91 Å². The predicted octanol–water partition coefficient (Wildman–Crippen LogP) is 4.81. The molecule has 29 heavy (non-hydrogen) atoms. The highest BCUT2D eigenvalue weighted by Gasteiger charge is 2.16. The predicted molar refractivity (Wildman–Crippen MR) is 117 cm³/mol. The second kappa shape index (κ2) is 10.1. The fourth-order valence-corrected chi connectivity index (χ4v) is 2.78. The van der Waals surface area contributed by atoms with Crippen LogP contribution in [0.4, 0.5) is 5.69 Å².